The molecule has 1 aromatic carbocycles. The van der Waals surface area contributed by atoms with Crippen LogP contribution in [-0.2, 0) is 4.74 Å². The molecule has 0 bridgehead atoms. The summed E-state index contributed by atoms with van der Waals surface area (Å²) >= 11 is 0. The Balaban J connectivity index is 2.77. The third kappa shape index (κ3) is 5.51. The van der Waals surface area contributed by atoms with Crippen molar-refractivity contribution < 1.29 is 19.4 Å². The van der Waals surface area contributed by atoms with Crippen LogP contribution in [0.4, 0.5) is 0 Å². The molecule has 0 radical (unpaired) electrons. The Kier molecular flexibility index (Phi) is 7.09. The number of hydrogen-bond donors (Lipinski definition) is 1. The highest BCUT2D eigenvalue weighted by Gasteiger charge is 2.22. The fourth-order valence-corrected chi connectivity index (χ4v) is 2.30. The van der Waals surface area contributed by atoms with Crippen LogP contribution in [0, 0.1) is 11.8 Å². The lowest BCUT2D eigenvalue weighted by Gasteiger charge is -2.22. The smallest absolute Gasteiger partial charge is 0.339 e. The molecule has 0 saturated carbocycles. The van der Waals surface area contributed by atoms with Crippen LogP contribution in [0.25, 0.3) is 0 Å². The molecule has 0 aromatic heterocycles. The molecule has 0 saturated heterocycles. The fraction of sp³-hybridized carbons (Fsp3) is 0.556. The second kappa shape index (κ2) is 8.57. The Bertz CT molecular complexity index is 506. The maximum Gasteiger partial charge on any atom is 0.339 e. The molecule has 0 aliphatic rings. The summed E-state index contributed by atoms with van der Waals surface area (Å²) in [5.41, 5.74) is 0.0988. The average molecular weight is 306 g/mol. The molecule has 1 aromatic rings. The highest BCUT2D eigenvalue weighted by Crippen LogP contribution is 2.19. The lowest BCUT2D eigenvalue weighted by Crippen LogP contribution is -2.25. The summed E-state index contributed by atoms with van der Waals surface area (Å²) in [5, 5.41) is 9.15. The normalized spacial score (nSPS) is 12.5. The molecule has 1 atom stereocenters. The number of carbonyl (C=O) groups is 2. The standard InChI is InChI=1S/C18H26O4/c1-12(2)8-7-11-16(13(3)4)22-18(21)15-10-6-5-9-14(15)17(19)20/h5-6,9-10,12-13,16H,7-8,11H2,1-4H3,(H,19,20). The number of esters is 1. The van der Waals surface area contributed by atoms with Crippen molar-refractivity contribution in [3.05, 3.63) is 35.4 Å². The Morgan fingerprint density at radius 2 is 1.64 bits per heavy atom. The molecule has 1 unspecified atom stereocenters. The van der Waals surface area contributed by atoms with Gasteiger partial charge in [-0.1, -0.05) is 46.2 Å². The van der Waals surface area contributed by atoms with E-state index in [2.05, 4.69) is 13.8 Å². The summed E-state index contributed by atoms with van der Waals surface area (Å²) in [6, 6.07) is 6.16. The van der Waals surface area contributed by atoms with Crippen molar-refractivity contribution in [2.45, 2.75) is 53.1 Å². The number of benzene rings is 1. The van der Waals surface area contributed by atoms with Crippen LogP contribution in [0.15, 0.2) is 24.3 Å². The highest BCUT2D eigenvalue weighted by atomic mass is 16.5. The summed E-state index contributed by atoms with van der Waals surface area (Å²) in [6.45, 7) is 8.35. The Morgan fingerprint density at radius 1 is 1.05 bits per heavy atom. The van der Waals surface area contributed by atoms with Crippen LogP contribution >= 0.6 is 0 Å². The van der Waals surface area contributed by atoms with Gasteiger partial charge in [-0.05, 0) is 36.8 Å². The van der Waals surface area contributed by atoms with E-state index in [9.17, 15) is 9.59 Å². The highest BCUT2D eigenvalue weighted by molar-refractivity contribution is 6.02. The maximum absolute atomic E-state index is 12.3. The number of rotatable bonds is 8. The van der Waals surface area contributed by atoms with Gasteiger partial charge >= 0.3 is 11.9 Å². The van der Waals surface area contributed by atoms with Gasteiger partial charge in [0.15, 0.2) is 0 Å². The van der Waals surface area contributed by atoms with Gasteiger partial charge < -0.3 is 9.84 Å². The van der Waals surface area contributed by atoms with E-state index in [1.165, 1.54) is 12.1 Å². The fourth-order valence-electron chi connectivity index (χ4n) is 2.30. The van der Waals surface area contributed by atoms with Gasteiger partial charge in [0.25, 0.3) is 0 Å². The van der Waals surface area contributed by atoms with E-state index in [4.69, 9.17) is 9.84 Å². The number of ether oxygens (including phenoxy) is 1. The van der Waals surface area contributed by atoms with Gasteiger partial charge in [-0.25, -0.2) is 9.59 Å². The number of carboxylic acids is 1. The SMILES string of the molecule is CC(C)CCCC(OC(=O)c1ccccc1C(=O)O)C(C)C. The largest absolute Gasteiger partial charge is 0.478 e. The first kappa shape index (κ1) is 18.2. The lowest BCUT2D eigenvalue weighted by atomic mass is 9.98. The van der Waals surface area contributed by atoms with Crippen molar-refractivity contribution in [2.24, 2.45) is 11.8 Å². The zero-order chi connectivity index (χ0) is 16.7. The van der Waals surface area contributed by atoms with Gasteiger partial charge in [-0.15, -0.1) is 0 Å². The number of aromatic carboxylic acids is 1. The topological polar surface area (TPSA) is 63.6 Å². The molecule has 1 rings (SSSR count). The van der Waals surface area contributed by atoms with E-state index >= 15 is 0 Å². The molecule has 22 heavy (non-hydrogen) atoms. The minimum atomic E-state index is -1.12. The third-order valence-electron chi connectivity index (χ3n) is 3.65. The van der Waals surface area contributed by atoms with Crippen LogP contribution < -0.4 is 0 Å². The molecule has 0 fully saturated rings. The molecule has 1 N–H and O–H groups in total. The monoisotopic (exact) mass is 306 g/mol. The van der Waals surface area contributed by atoms with E-state index in [1.54, 1.807) is 12.1 Å². The average Bonchev–Trinajstić information content (AvgIpc) is 2.45. The van der Waals surface area contributed by atoms with Gasteiger partial charge in [0.2, 0.25) is 0 Å². The summed E-state index contributed by atoms with van der Waals surface area (Å²) in [7, 11) is 0. The minimum Gasteiger partial charge on any atom is -0.478 e. The number of hydrogen-bond acceptors (Lipinski definition) is 3. The molecule has 122 valence electrons. The van der Waals surface area contributed by atoms with E-state index in [0.29, 0.717) is 5.92 Å². The van der Waals surface area contributed by atoms with Crippen molar-refractivity contribution in [3.63, 3.8) is 0 Å². The van der Waals surface area contributed by atoms with Gasteiger partial charge in [-0.3, -0.25) is 0 Å². The minimum absolute atomic E-state index is 0.0165. The second-order valence-corrected chi connectivity index (χ2v) is 6.36. The van der Waals surface area contributed by atoms with E-state index in [1.807, 2.05) is 13.8 Å². The zero-order valence-electron chi connectivity index (χ0n) is 13.8. The van der Waals surface area contributed by atoms with Crippen LogP contribution in [0.1, 0.15) is 67.7 Å². The van der Waals surface area contributed by atoms with Crippen LogP contribution in [-0.4, -0.2) is 23.1 Å². The van der Waals surface area contributed by atoms with Gasteiger partial charge in [0, 0.05) is 0 Å². The predicted octanol–water partition coefficient (Wildman–Crippen LogP) is 4.39. The number of carbonyl (C=O) groups excluding carboxylic acids is 1. The van der Waals surface area contributed by atoms with E-state index in [0.717, 1.165) is 19.3 Å². The van der Waals surface area contributed by atoms with E-state index < -0.39 is 11.9 Å². The van der Waals surface area contributed by atoms with Gasteiger partial charge in [0.05, 0.1) is 11.1 Å². The molecule has 0 aliphatic heterocycles. The Hall–Kier alpha value is -1.84. The molecular formula is C18H26O4. The van der Waals surface area contributed by atoms with Crippen molar-refractivity contribution in [2.75, 3.05) is 0 Å². The molecule has 0 heterocycles. The van der Waals surface area contributed by atoms with E-state index in [-0.39, 0.29) is 23.1 Å². The first-order chi connectivity index (χ1) is 10.3. The van der Waals surface area contributed by atoms with Crippen molar-refractivity contribution in [1.82, 2.24) is 0 Å². The molecule has 0 aliphatic carbocycles. The van der Waals surface area contributed by atoms with Crippen LogP contribution in [0.5, 0.6) is 0 Å². The van der Waals surface area contributed by atoms with Crippen LogP contribution in [0.3, 0.4) is 0 Å². The van der Waals surface area contributed by atoms with Crippen molar-refractivity contribution >= 4 is 11.9 Å². The Morgan fingerprint density at radius 3 is 2.14 bits per heavy atom. The summed E-state index contributed by atoms with van der Waals surface area (Å²) in [4.78, 5) is 23.5. The zero-order valence-corrected chi connectivity index (χ0v) is 13.8. The Labute approximate surface area is 132 Å². The van der Waals surface area contributed by atoms with Gasteiger partial charge in [-0.2, -0.15) is 0 Å². The third-order valence-corrected chi connectivity index (χ3v) is 3.65. The lowest BCUT2D eigenvalue weighted by molar-refractivity contribution is 0.0146. The first-order valence-corrected chi connectivity index (χ1v) is 7.86. The number of carboxylic acid groups (broad SMARTS) is 1. The van der Waals surface area contributed by atoms with Gasteiger partial charge in [0.1, 0.15) is 6.10 Å². The van der Waals surface area contributed by atoms with Crippen molar-refractivity contribution in [3.8, 4) is 0 Å². The predicted molar refractivity (Wildman–Crippen MR) is 86.1 cm³/mol. The maximum atomic E-state index is 12.3. The van der Waals surface area contributed by atoms with Crippen molar-refractivity contribution in [1.29, 1.82) is 0 Å². The molecule has 4 nitrogen and oxygen atoms in total. The molecule has 0 amide bonds. The molecule has 0 spiro atoms. The summed E-state index contributed by atoms with van der Waals surface area (Å²) in [5.74, 6) is -0.848. The summed E-state index contributed by atoms with van der Waals surface area (Å²) < 4.78 is 5.57. The first-order valence-electron chi connectivity index (χ1n) is 7.86. The quantitative estimate of drug-likeness (QED) is 0.723. The summed E-state index contributed by atoms with van der Waals surface area (Å²) in [6.07, 6.45) is 2.70. The molecule has 4 heteroatoms. The molecular weight excluding hydrogens is 280 g/mol. The second-order valence-electron chi connectivity index (χ2n) is 6.36. The van der Waals surface area contributed by atoms with Crippen LogP contribution in [0.2, 0.25) is 0 Å².